The van der Waals surface area contributed by atoms with Crippen molar-refractivity contribution < 1.29 is 4.74 Å². The second-order valence-corrected chi connectivity index (χ2v) is 3.26. The maximum atomic E-state index is 5.19. The Balaban J connectivity index is 2.68. The predicted molar refractivity (Wildman–Crippen MR) is 59.0 cm³/mol. The van der Waals surface area contributed by atoms with E-state index in [0.717, 1.165) is 11.6 Å². The van der Waals surface area contributed by atoms with Crippen LogP contribution in [0.1, 0.15) is 0 Å². The van der Waals surface area contributed by atoms with E-state index in [0.29, 0.717) is 0 Å². The fraction of sp³-hybridized carbons (Fsp3) is 0.273. The zero-order valence-corrected chi connectivity index (χ0v) is 8.66. The van der Waals surface area contributed by atoms with E-state index in [9.17, 15) is 0 Å². The summed E-state index contributed by atoms with van der Waals surface area (Å²) in [5.74, 6) is 2.00. The third-order valence-electron chi connectivity index (χ3n) is 2.51. The number of benzene rings is 1. The summed E-state index contributed by atoms with van der Waals surface area (Å²) >= 11 is 0. The van der Waals surface area contributed by atoms with Crippen molar-refractivity contribution in [1.29, 1.82) is 0 Å². The van der Waals surface area contributed by atoms with Crippen molar-refractivity contribution in [3.05, 3.63) is 24.3 Å². The SMILES string of the molecule is CNc1cc2ccc(OC)cc2n1C. The van der Waals surface area contributed by atoms with Gasteiger partial charge < -0.3 is 14.6 Å². The Morgan fingerprint density at radius 3 is 2.71 bits per heavy atom. The molecular formula is C11H14N2O. The quantitative estimate of drug-likeness (QED) is 0.786. The van der Waals surface area contributed by atoms with E-state index < -0.39 is 0 Å². The second-order valence-electron chi connectivity index (χ2n) is 3.26. The molecule has 0 radical (unpaired) electrons. The van der Waals surface area contributed by atoms with Crippen LogP contribution in [0.15, 0.2) is 24.3 Å². The minimum atomic E-state index is 0.890. The van der Waals surface area contributed by atoms with Gasteiger partial charge in [0.2, 0.25) is 0 Å². The molecule has 2 rings (SSSR count). The van der Waals surface area contributed by atoms with Crippen LogP contribution in [0.3, 0.4) is 0 Å². The minimum Gasteiger partial charge on any atom is -0.497 e. The lowest BCUT2D eigenvalue weighted by Gasteiger charge is -2.03. The molecule has 3 heteroatoms. The van der Waals surface area contributed by atoms with Gasteiger partial charge in [-0.1, -0.05) is 0 Å². The molecule has 0 atom stereocenters. The Hall–Kier alpha value is -1.64. The minimum absolute atomic E-state index is 0.890. The molecule has 1 heterocycles. The van der Waals surface area contributed by atoms with E-state index in [-0.39, 0.29) is 0 Å². The zero-order valence-electron chi connectivity index (χ0n) is 8.66. The molecule has 1 aromatic heterocycles. The summed E-state index contributed by atoms with van der Waals surface area (Å²) in [6, 6.07) is 8.20. The zero-order chi connectivity index (χ0) is 10.1. The van der Waals surface area contributed by atoms with Crippen LogP contribution in [-0.2, 0) is 7.05 Å². The van der Waals surface area contributed by atoms with Gasteiger partial charge in [-0.15, -0.1) is 0 Å². The summed E-state index contributed by atoms with van der Waals surface area (Å²) in [7, 11) is 5.64. The number of fused-ring (bicyclic) bond motifs is 1. The van der Waals surface area contributed by atoms with E-state index >= 15 is 0 Å². The van der Waals surface area contributed by atoms with Crippen LogP contribution in [0.25, 0.3) is 10.9 Å². The number of methoxy groups -OCH3 is 1. The molecule has 0 fully saturated rings. The number of aryl methyl sites for hydroxylation is 1. The van der Waals surface area contributed by atoms with Gasteiger partial charge in [-0.3, -0.25) is 0 Å². The van der Waals surface area contributed by atoms with E-state index in [1.165, 1.54) is 10.9 Å². The highest BCUT2D eigenvalue weighted by molar-refractivity contribution is 5.86. The largest absolute Gasteiger partial charge is 0.497 e. The van der Waals surface area contributed by atoms with Crippen molar-refractivity contribution in [1.82, 2.24) is 4.57 Å². The molecule has 74 valence electrons. The number of anilines is 1. The first-order valence-corrected chi connectivity index (χ1v) is 4.57. The van der Waals surface area contributed by atoms with Gasteiger partial charge in [-0.25, -0.2) is 0 Å². The third-order valence-corrected chi connectivity index (χ3v) is 2.51. The first kappa shape index (κ1) is 8.94. The van der Waals surface area contributed by atoms with Crippen LogP contribution >= 0.6 is 0 Å². The van der Waals surface area contributed by atoms with Crippen LogP contribution in [0, 0.1) is 0 Å². The highest BCUT2D eigenvalue weighted by atomic mass is 16.5. The molecule has 0 amide bonds. The summed E-state index contributed by atoms with van der Waals surface area (Å²) in [6.07, 6.45) is 0. The Labute approximate surface area is 83.3 Å². The van der Waals surface area contributed by atoms with Gasteiger partial charge in [0.05, 0.1) is 12.6 Å². The van der Waals surface area contributed by atoms with Gasteiger partial charge in [0.15, 0.2) is 0 Å². The monoisotopic (exact) mass is 190 g/mol. The second kappa shape index (κ2) is 3.25. The van der Waals surface area contributed by atoms with E-state index in [1.807, 2.05) is 26.2 Å². The van der Waals surface area contributed by atoms with Crippen LogP contribution in [0.4, 0.5) is 5.82 Å². The van der Waals surface area contributed by atoms with Crippen LogP contribution in [0.5, 0.6) is 5.75 Å². The fourth-order valence-corrected chi connectivity index (χ4v) is 1.68. The Bertz CT molecular complexity index is 460. The number of rotatable bonds is 2. The molecule has 1 aromatic carbocycles. The topological polar surface area (TPSA) is 26.2 Å². The Kier molecular flexibility index (Phi) is 2.08. The van der Waals surface area contributed by atoms with E-state index in [4.69, 9.17) is 4.74 Å². The van der Waals surface area contributed by atoms with Gasteiger partial charge in [0.1, 0.15) is 11.6 Å². The van der Waals surface area contributed by atoms with Gasteiger partial charge in [-0.2, -0.15) is 0 Å². The average Bonchev–Trinajstić information content (AvgIpc) is 2.55. The molecule has 0 bridgehead atoms. The highest BCUT2D eigenvalue weighted by Crippen LogP contribution is 2.25. The van der Waals surface area contributed by atoms with Crippen LogP contribution in [0.2, 0.25) is 0 Å². The summed E-state index contributed by atoms with van der Waals surface area (Å²) < 4.78 is 7.30. The van der Waals surface area contributed by atoms with Crippen LogP contribution < -0.4 is 10.1 Å². The van der Waals surface area contributed by atoms with Crippen molar-refractivity contribution >= 4 is 16.7 Å². The number of nitrogens with zero attached hydrogens (tertiary/aromatic N) is 1. The van der Waals surface area contributed by atoms with Crippen molar-refractivity contribution in [2.75, 3.05) is 19.5 Å². The molecule has 14 heavy (non-hydrogen) atoms. The standard InChI is InChI=1S/C11H14N2O/c1-12-11-6-8-4-5-9(14-3)7-10(8)13(11)2/h4-7,12H,1-3H3. The van der Waals surface area contributed by atoms with E-state index in [1.54, 1.807) is 7.11 Å². The molecule has 1 N–H and O–H groups in total. The number of hydrogen-bond donors (Lipinski definition) is 1. The van der Waals surface area contributed by atoms with Crippen molar-refractivity contribution in [3.63, 3.8) is 0 Å². The summed E-state index contributed by atoms with van der Waals surface area (Å²) in [6.45, 7) is 0. The lowest BCUT2D eigenvalue weighted by molar-refractivity contribution is 0.415. The summed E-state index contributed by atoms with van der Waals surface area (Å²) in [5.41, 5.74) is 1.17. The molecule has 0 saturated heterocycles. The average molecular weight is 190 g/mol. The smallest absolute Gasteiger partial charge is 0.120 e. The maximum Gasteiger partial charge on any atom is 0.120 e. The molecule has 2 aromatic rings. The normalized spacial score (nSPS) is 10.5. The van der Waals surface area contributed by atoms with Gasteiger partial charge >= 0.3 is 0 Å². The van der Waals surface area contributed by atoms with E-state index in [2.05, 4.69) is 22.0 Å². The number of aromatic nitrogens is 1. The molecule has 0 aliphatic carbocycles. The summed E-state index contributed by atoms with van der Waals surface area (Å²) in [4.78, 5) is 0. The number of hydrogen-bond acceptors (Lipinski definition) is 2. The lowest BCUT2D eigenvalue weighted by atomic mass is 10.2. The fourth-order valence-electron chi connectivity index (χ4n) is 1.68. The number of ether oxygens (including phenoxy) is 1. The van der Waals surface area contributed by atoms with Crippen molar-refractivity contribution in [3.8, 4) is 5.75 Å². The first-order chi connectivity index (χ1) is 6.76. The van der Waals surface area contributed by atoms with Gasteiger partial charge in [0.25, 0.3) is 0 Å². The first-order valence-electron chi connectivity index (χ1n) is 4.57. The molecule has 0 unspecified atom stereocenters. The van der Waals surface area contributed by atoms with Crippen molar-refractivity contribution in [2.24, 2.45) is 7.05 Å². The highest BCUT2D eigenvalue weighted by Gasteiger charge is 2.04. The van der Waals surface area contributed by atoms with Crippen molar-refractivity contribution in [2.45, 2.75) is 0 Å². The van der Waals surface area contributed by atoms with Gasteiger partial charge in [0, 0.05) is 25.5 Å². The number of nitrogens with one attached hydrogen (secondary N) is 1. The lowest BCUT2D eigenvalue weighted by Crippen LogP contribution is -1.96. The van der Waals surface area contributed by atoms with Gasteiger partial charge in [-0.05, 0) is 18.2 Å². The molecular weight excluding hydrogens is 176 g/mol. The molecule has 3 nitrogen and oxygen atoms in total. The Morgan fingerprint density at radius 1 is 1.29 bits per heavy atom. The molecule has 0 spiro atoms. The summed E-state index contributed by atoms with van der Waals surface area (Å²) in [5, 5.41) is 4.36. The molecule has 0 aliphatic rings. The third kappa shape index (κ3) is 1.21. The Morgan fingerprint density at radius 2 is 2.07 bits per heavy atom. The predicted octanol–water partition coefficient (Wildman–Crippen LogP) is 2.23. The van der Waals surface area contributed by atoms with Crippen LogP contribution in [-0.4, -0.2) is 18.7 Å². The maximum absolute atomic E-state index is 5.19. The molecule has 0 aliphatic heterocycles. The molecule has 0 saturated carbocycles.